The Morgan fingerprint density at radius 2 is 1.80 bits per heavy atom. The first-order chi connectivity index (χ1) is 9.53. The fourth-order valence-electron chi connectivity index (χ4n) is 1.55. The molecule has 0 aliphatic heterocycles. The van der Waals surface area contributed by atoms with E-state index in [2.05, 4.69) is 9.47 Å². The fraction of sp³-hybridized carbons (Fsp3) is 0.308. The first-order valence-electron chi connectivity index (χ1n) is 5.60. The van der Waals surface area contributed by atoms with Gasteiger partial charge in [0.05, 0.1) is 19.9 Å². The molecule has 0 radical (unpaired) electrons. The SMILES string of the molecule is COC(=O)CN(CC(=O)OC)c1cccc(F)c1C#N. The van der Waals surface area contributed by atoms with Crippen LogP contribution in [0.1, 0.15) is 5.56 Å². The maximum atomic E-state index is 13.6. The van der Waals surface area contributed by atoms with Gasteiger partial charge in [0, 0.05) is 0 Å². The van der Waals surface area contributed by atoms with E-state index in [1.54, 1.807) is 6.07 Å². The number of hydrogen-bond acceptors (Lipinski definition) is 6. The van der Waals surface area contributed by atoms with Gasteiger partial charge in [0.25, 0.3) is 0 Å². The molecule has 0 aliphatic carbocycles. The number of esters is 2. The highest BCUT2D eigenvalue weighted by atomic mass is 19.1. The van der Waals surface area contributed by atoms with Crippen LogP contribution in [0.25, 0.3) is 0 Å². The molecule has 0 saturated heterocycles. The maximum absolute atomic E-state index is 13.6. The number of carbonyl (C=O) groups excluding carboxylic acids is 2. The van der Waals surface area contributed by atoms with E-state index in [4.69, 9.17) is 5.26 Å². The summed E-state index contributed by atoms with van der Waals surface area (Å²) in [5, 5.41) is 8.98. The van der Waals surface area contributed by atoms with E-state index < -0.39 is 17.8 Å². The van der Waals surface area contributed by atoms with Crippen LogP contribution in [-0.2, 0) is 19.1 Å². The summed E-state index contributed by atoms with van der Waals surface area (Å²) in [6.07, 6.45) is 0. The van der Waals surface area contributed by atoms with Crippen LogP contribution in [-0.4, -0.2) is 39.2 Å². The zero-order chi connectivity index (χ0) is 15.1. The van der Waals surface area contributed by atoms with Crippen molar-refractivity contribution in [3.63, 3.8) is 0 Å². The molecule has 20 heavy (non-hydrogen) atoms. The second kappa shape index (κ2) is 7.09. The predicted molar refractivity (Wildman–Crippen MR) is 67.4 cm³/mol. The van der Waals surface area contributed by atoms with Crippen LogP contribution in [0.4, 0.5) is 10.1 Å². The molecule has 7 heteroatoms. The molecule has 0 bridgehead atoms. The van der Waals surface area contributed by atoms with Gasteiger partial charge in [0.15, 0.2) is 0 Å². The fourth-order valence-corrected chi connectivity index (χ4v) is 1.55. The van der Waals surface area contributed by atoms with Gasteiger partial charge in [-0.1, -0.05) is 6.07 Å². The Kier molecular flexibility index (Phi) is 5.47. The summed E-state index contributed by atoms with van der Waals surface area (Å²) >= 11 is 0. The van der Waals surface area contributed by atoms with Crippen molar-refractivity contribution >= 4 is 17.6 Å². The van der Waals surface area contributed by atoms with Crippen molar-refractivity contribution < 1.29 is 23.5 Å². The van der Waals surface area contributed by atoms with Crippen molar-refractivity contribution in [1.82, 2.24) is 0 Å². The Balaban J connectivity index is 3.16. The van der Waals surface area contributed by atoms with Crippen molar-refractivity contribution in [2.45, 2.75) is 0 Å². The Labute approximate surface area is 115 Å². The van der Waals surface area contributed by atoms with Crippen LogP contribution in [0.5, 0.6) is 0 Å². The molecule has 0 aromatic heterocycles. The molecule has 1 aromatic carbocycles. The average Bonchev–Trinajstić information content (AvgIpc) is 2.45. The number of anilines is 1. The summed E-state index contributed by atoms with van der Waals surface area (Å²) < 4.78 is 22.6. The van der Waals surface area contributed by atoms with Gasteiger partial charge in [-0.3, -0.25) is 9.59 Å². The molecule has 1 aromatic rings. The molecule has 0 fully saturated rings. The molecule has 0 amide bonds. The molecule has 0 saturated carbocycles. The zero-order valence-corrected chi connectivity index (χ0v) is 11.1. The van der Waals surface area contributed by atoms with Gasteiger partial charge < -0.3 is 14.4 Å². The van der Waals surface area contributed by atoms with E-state index >= 15 is 0 Å². The lowest BCUT2D eigenvalue weighted by atomic mass is 10.1. The summed E-state index contributed by atoms with van der Waals surface area (Å²) in [5.41, 5.74) is -0.122. The largest absolute Gasteiger partial charge is 0.468 e. The normalized spacial score (nSPS) is 9.50. The average molecular weight is 280 g/mol. The van der Waals surface area contributed by atoms with Crippen molar-refractivity contribution in [3.05, 3.63) is 29.6 Å². The summed E-state index contributed by atoms with van der Waals surface area (Å²) in [4.78, 5) is 23.9. The molecular weight excluding hydrogens is 267 g/mol. The Morgan fingerprint density at radius 3 is 2.25 bits per heavy atom. The highest BCUT2D eigenvalue weighted by Crippen LogP contribution is 2.22. The lowest BCUT2D eigenvalue weighted by molar-refractivity contribution is -0.140. The first kappa shape index (κ1) is 15.4. The highest BCUT2D eigenvalue weighted by Gasteiger charge is 2.20. The van der Waals surface area contributed by atoms with Gasteiger partial charge in [-0.05, 0) is 12.1 Å². The molecule has 0 spiro atoms. The smallest absolute Gasteiger partial charge is 0.325 e. The molecular formula is C13H13FN2O4. The van der Waals surface area contributed by atoms with Crippen LogP contribution < -0.4 is 4.90 Å². The number of halogens is 1. The standard InChI is InChI=1S/C13H13FN2O4/c1-19-12(17)7-16(8-13(18)20-2)11-5-3-4-10(14)9(11)6-15/h3-5H,7-8H2,1-2H3. The zero-order valence-electron chi connectivity index (χ0n) is 11.1. The van der Waals surface area contributed by atoms with Gasteiger partial charge in [-0.2, -0.15) is 5.26 Å². The minimum Gasteiger partial charge on any atom is -0.468 e. The highest BCUT2D eigenvalue weighted by molar-refractivity contribution is 5.82. The van der Waals surface area contributed by atoms with E-state index in [0.29, 0.717) is 0 Å². The number of methoxy groups -OCH3 is 2. The van der Waals surface area contributed by atoms with E-state index in [1.807, 2.05) is 0 Å². The lowest BCUT2D eigenvalue weighted by Gasteiger charge is -2.23. The molecule has 0 N–H and O–H groups in total. The van der Waals surface area contributed by atoms with Gasteiger partial charge in [-0.15, -0.1) is 0 Å². The van der Waals surface area contributed by atoms with E-state index in [0.717, 1.165) is 6.07 Å². The van der Waals surface area contributed by atoms with Gasteiger partial charge in [0.1, 0.15) is 30.5 Å². The third-order valence-electron chi connectivity index (χ3n) is 2.54. The lowest BCUT2D eigenvalue weighted by Crippen LogP contribution is -2.36. The van der Waals surface area contributed by atoms with Crippen LogP contribution in [0, 0.1) is 17.1 Å². The molecule has 106 valence electrons. The maximum Gasteiger partial charge on any atom is 0.325 e. The van der Waals surface area contributed by atoms with Crippen molar-refractivity contribution in [2.75, 3.05) is 32.2 Å². The van der Waals surface area contributed by atoms with Crippen molar-refractivity contribution in [3.8, 4) is 6.07 Å². The molecule has 0 atom stereocenters. The summed E-state index contributed by atoms with van der Waals surface area (Å²) in [5.74, 6) is -1.98. The third-order valence-corrected chi connectivity index (χ3v) is 2.54. The van der Waals surface area contributed by atoms with Crippen molar-refractivity contribution in [2.24, 2.45) is 0 Å². The quantitative estimate of drug-likeness (QED) is 0.744. The van der Waals surface area contributed by atoms with E-state index in [9.17, 15) is 14.0 Å². The Morgan fingerprint density at radius 1 is 1.25 bits per heavy atom. The topological polar surface area (TPSA) is 79.6 Å². The summed E-state index contributed by atoms with van der Waals surface area (Å²) in [6, 6.07) is 5.65. The Bertz CT molecular complexity index is 536. The van der Waals surface area contributed by atoms with Crippen LogP contribution >= 0.6 is 0 Å². The van der Waals surface area contributed by atoms with Crippen LogP contribution in [0.15, 0.2) is 18.2 Å². The predicted octanol–water partition coefficient (Wildman–Crippen LogP) is 0.850. The van der Waals surface area contributed by atoms with Crippen LogP contribution in [0.2, 0.25) is 0 Å². The second-order valence-electron chi connectivity index (χ2n) is 3.75. The van der Waals surface area contributed by atoms with Gasteiger partial charge in [-0.25, -0.2) is 4.39 Å². The molecule has 1 rings (SSSR count). The Hall–Kier alpha value is -2.62. The summed E-state index contributed by atoms with van der Waals surface area (Å²) in [7, 11) is 2.38. The number of nitriles is 1. The molecule has 0 heterocycles. The van der Waals surface area contributed by atoms with Crippen molar-refractivity contribution in [1.29, 1.82) is 5.26 Å². The van der Waals surface area contributed by atoms with E-state index in [1.165, 1.54) is 31.3 Å². The monoisotopic (exact) mass is 280 g/mol. The number of benzene rings is 1. The number of rotatable bonds is 5. The number of nitrogens with zero attached hydrogens (tertiary/aromatic N) is 2. The molecule has 0 aliphatic rings. The minimum absolute atomic E-state index is 0.128. The minimum atomic E-state index is -0.732. The second-order valence-corrected chi connectivity index (χ2v) is 3.75. The number of ether oxygens (including phenoxy) is 2. The first-order valence-corrected chi connectivity index (χ1v) is 5.60. The van der Waals surface area contributed by atoms with Gasteiger partial charge in [0.2, 0.25) is 0 Å². The number of hydrogen-bond donors (Lipinski definition) is 0. The van der Waals surface area contributed by atoms with E-state index in [-0.39, 0.29) is 24.3 Å². The van der Waals surface area contributed by atoms with Gasteiger partial charge >= 0.3 is 11.9 Å². The third kappa shape index (κ3) is 3.68. The number of carbonyl (C=O) groups is 2. The van der Waals surface area contributed by atoms with Crippen LogP contribution in [0.3, 0.4) is 0 Å². The molecule has 6 nitrogen and oxygen atoms in total. The molecule has 0 unspecified atom stereocenters. The summed E-state index contributed by atoms with van der Waals surface area (Å²) in [6.45, 7) is -0.604.